The number of esters is 1. The molecule has 0 spiro atoms. The highest BCUT2D eigenvalue weighted by Crippen LogP contribution is 2.47. The van der Waals surface area contributed by atoms with Gasteiger partial charge in [-0.25, -0.2) is 0 Å². The fourth-order valence-electron chi connectivity index (χ4n) is 6.03. The van der Waals surface area contributed by atoms with E-state index < -0.39 is 29.6 Å². The second-order valence-corrected chi connectivity index (χ2v) is 11.4. The summed E-state index contributed by atoms with van der Waals surface area (Å²) in [7, 11) is 0. The van der Waals surface area contributed by atoms with Gasteiger partial charge >= 0.3 is 5.97 Å². The summed E-state index contributed by atoms with van der Waals surface area (Å²) in [5, 5.41) is 21.8. The standard InChI is InChI=1S/C31H34ClN3O7/c1-19(6-3-10-27(38)33-13-5-9-24(33)18-36)31(41)25-15-22(32)11-12-26(25)34(30(31)40)17-21-7-4-8-23(14-21)35-28(39)16-29(35)42-20(2)37/h3-4,6-8,11-12,14-15,19,24,29,36,41H,5,9-10,13,16-18H2,1-2H3/b6-3+/t19-,24+,29?,31+/m1/s1. The van der Waals surface area contributed by atoms with Gasteiger partial charge in [-0.05, 0) is 48.7 Å². The van der Waals surface area contributed by atoms with Crippen molar-refractivity contribution in [1.29, 1.82) is 0 Å². The minimum absolute atomic E-state index is 0.0719. The van der Waals surface area contributed by atoms with Gasteiger partial charge in [0.2, 0.25) is 11.8 Å². The van der Waals surface area contributed by atoms with Crippen LogP contribution in [-0.4, -0.2) is 64.2 Å². The second-order valence-electron chi connectivity index (χ2n) is 11.0. The Labute approximate surface area is 249 Å². The van der Waals surface area contributed by atoms with E-state index in [2.05, 4.69) is 0 Å². The zero-order valence-corrected chi connectivity index (χ0v) is 24.3. The fourth-order valence-corrected chi connectivity index (χ4v) is 6.20. The van der Waals surface area contributed by atoms with E-state index in [9.17, 15) is 29.4 Å². The molecule has 0 aromatic heterocycles. The van der Waals surface area contributed by atoms with Crippen molar-refractivity contribution >= 4 is 46.7 Å². The van der Waals surface area contributed by atoms with Crippen LogP contribution in [0.25, 0.3) is 0 Å². The number of hydrogen-bond donors (Lipinski definition) is 2. The lowest BCUT2D eigenvalue weighted by Gasteiger charge is -2.39. The summed E-state index contributed by atoms with van der Waals surface area (Å²) >= 11 is 6.30. The van der Waals surface area contributed by atoms with E-state index in [1.165, 1.54) is 16.7 Å². The number of aliphatic hydroxyl groups is 2. The molecule has 2 fully saturated rings. The van der Waals surface area contributed by atoms with Crippen LogP contribution in [0.5, 0.6) is 0 Å². The van der Waals surface area contributed by atoms with Crippen molar-refractivity contribution in [2.45, 2.75) is 63.9 Å². The molecule has 42 heavy (non-hydrogen) atoms. The number of halogens is 1. The first-order valence-corrected chi connectivity index (χ1v) is 14.4. The number of fused-ring (bicyclic) bond motifs is 1. The van der Waals surface area contributed by atoms with E-state index in [1.54, 1.807) is 60.4 Å². The molecule has 2 aromatic rings. The van der Waals surface area contributed by atoms with E-state index in [4.69, 9.17) is 16.3 Å². The average molecular weight is 596 g/mol. The maximum absolute atomic E-state index is 13.9. The Balaban J connectivity index is 1.36. The summed E-state index contributed by atoms with van der Waals surface area (Å²) in [6, 6.07) is 11.8. The van der Waals surface area contributed by atoms with E-state index >= 15 is 0 Å². The van der Waals surface area contributed by atoms with Gasteiger partial charge < -0.3 is 24.7 Å². The molecule has 5 rings (SSSR count). The number of anilines is 2. The van der Waals surface area contributed by atoms with E-state index in [0.717, 1.165) is 12.8 Å². The third-order valence-electron chi connectivity index (χ3n) is 8.25. The Hall–Kier alpha value is -3.73. The summed E-state index contributed by atoms with van der Waals surface area (Å²) in [5.41, 5.74) is 0.189. The van der Waals surface area contributed by atoms with E-state index in [-0.39, 0.29) is 43.8 Å². The van der Waals surface area contributed by atoms with Crippen LogP contribution in [0.3, 0.4) is 0 Å². The molecule has 3 aliphatic rings. The fraction of sp³-hybridized carbons (Fsp3) is 0.419. The predicted octanol–water partition coefficient (Wildman–Crippen LogP) is 3.27. The van der Waals surface area contributed by atoms with Gasteiger partial charge in [-0.3, -0.25) is 24.1 Å². The summed E-state index contributed by atoms with van der Waals surface area (Å²) < 4.78 is 5.23. The molecule has 10 nitrogen and oxygen atoms in total. The molecule has 1 unspecified atom stereocenters. The third kappa shape index (κ3) is 5.42. The number of amides is 3. The summed E-state index contributed by atoms with van der Waals surface area (Å²) in [6.45, 7) is 3.64. The van der Waals surface area contributed by atoms with Gasteiger partial charge in [0, 0.05) is 42.1 Å². The van der Waals surface area contributed by atoms with Gasteiger partial charge in [0.05, 0.1) is 31.3 Å². The van der Waals surface area contributed by atoms with Crippen LogP contribution >= 0.6 is 11.6 Å². The zero-order valence-electron chi connectivity index (χ0n) is 23.5. The summed E-state index contributed by atoms with van der Waals surface area (Å²) in [4.78, 5) is 54.9. The van der Waals surface area contributed by atoms with Crippen LogP contribution < -0.4 is 9.80 Å². The van der Waals surface area contributed by atoms with Crippen molar-refractivity contribution in [1.82, 2.24) is 4.90 Å². The number of nitrogens with zero attached hydrogens (tertiary/aromatic N) is 3. The number of aliphatic hydroxyl groups excluding tert-OH is 1. The molecule has 0 bridgehead atoms. The number of hydrogen-bond acceptors (Lipinski definition) is 7. The zero-order chi connectivity index (χ0) is 30.2. The molecular weight excluding hydrogens is 562 g/mol. The lowest BCUT2D eigenvalue weighted by atomic mass is 9.83. The molecule has 3 amide bonds. The number of carbonyl (C=O) groups excluding carboxylic acids is 4. The molecule has 11 heteroatoms. The number of benzene rings is 2. The Morgan fingerprint density at radius 2 is 2.00 bits per heavy atom. The second kappa shape index (κ2) is 11.9. The van der Waals surface area contributed by atoms with Crippen LogP contribution in [0.4, 0.5) is 11.4 Å². The first-order valence-electron chi connectivity index (χ1n) is 14.0. The molecule has 0 radical (unpaired) electrons. The topological polar surface area (TPSA) is 128 Å². The van der Waals surface area contributed by atoms with Gasteiger partial charge in [0.15, 0.2) is 11.8 Å². The van der Waals surface area contributed by atoms with Crippen molar-refractivity contribution < 1.29 is 34.1 Å². The molecule has 2 saturated heterocycles. The first-order chi connectivity index (χ1) is 20.0. The lowest BCUT2D eigenvalue weighted by Crippen LogP contribution is -2.54. The maximum atomic E-state index is 13.9. The summed E-state index contributed by atoms with van der Waals surface area (Å²) in [6.07, 6.45) is 4.47. The average Bonchev–Trinajstić information content (AvgIpc) is 3.51. The van der Waals surface area contributed by atoms with Crippen LogP contribution in [0, 0.1) is 5.92 Å². The van der Waals surface area contributed by atoms with Crippen LogP contribution in [0.15, 0.2) is 54.6 Å². The molecule has 2 N–H and O–H groups in total. The van der Waals surface area contributed by atoms with Crippen molar-refractivity contribution in [2.75, 3.05) is 23.0 Å². The minimum Gasteiger partial charge on any atom is -0.441 e. The number of β-lactam (4-membered cyclic amide) rings is 1. The van der Waals surface area contributed by atoms with Crippen molar-refractivity contribution in [3.05, 3.63) is 70.8 Å². The van der Waals surface area contributed by atoms with Crippen molar-refractivity contribution in [3.8, 4) is 0 Å². The van der Waals surface area contributed by atoms with Crippen LogP contribution in [0.2, 0.25) is 5.02 Å². The quantitative estimate of drug-likeness (QED) is 0.259. The normalized spacial score (nSPS) is 24.3. The smallest absolute Gasteiger partial charge is 0.304 e. The molecule has 3 heterocycles. The number of carbonyl (C=O) groups is 4. The molecule has 4 atom stereocenters. The SMILES string of the molecule is CC(=O)OC1CC(=O)N1c1cccc(CN2C(=O)[C@](O)([C@H](C)/C=C/CC(=O)N3CCC[C@H]3CO)c3cc(Cl)ccc32)c1. The molecular formula is C31H34ClN3O7. The first kappa shape index (κ1) is 29.8. The highest BCUT2D eigenvalue weighted by atomic mass is 35.5. The monoisotopic (exact) mass is 595 g/mol. The van der Waals surface area contributed by atoms with E-state index in [1.807, 2.05) is 6.07 Å². The maximum Gasteiger partial charge on any atom is 0.304 e. The van der Waals surface area contributed by atoms with Gasteiger partial charge in [0.1, 0.15) is 0 Å². The molecule has 0 aliphatic carbocycles. The molecule has 3 aliphatic heterocycles. The highest BCUT2D eigenvalue weighted by molar-refractivity contribution is 6.31. The van der Waals surface area contributed by atoms with E-state index in [0.29, 0.717) is 34.1 Å². The number of likely N-dealkylation sites (tertiary alicyclic amines) is 1. The van der Waals surface area contributed by atoms with Gasteiger partial charge in [0.25, 0.3) is 5.91 Å². The Bertz CT molecular complexity index is 1450. The molecule has 2 aromatic carbocycles. The summed E-state index contributed by atoms with van der Waals surface area (Å²) in [5.74, 6) is -2.00. The Morgan fingerprint density at radius 3 is 2.71 bits per heavy atom. The van der Waals surface area contributed by atoms with Gasteiger partial charge in [-0.2, -0.15) is 0 Å². The predicted molar refractivity (Wildman–Crippen MR) is 155 cm³/mol. The Morgan fingerprint density at radius 1 is 1.21 bits per heavy atom. The van der Waals surface area contributed by atoms with Gasteiger partial charge in [-0.1, -0.05) is 42.8 Å². The van der Waals surface area contributed by atoms with Crippen molar-refractivity contribution in [2.24, 2.45) is 5.92 Å². The lowest BCUT2D eigenvalue weighted by molar-refractivity contribution is -0.154. The van der Waals surface area contributed by atoms with Gasteiger partial charge in [-0.15, -0.1) is 0 Å². The number of rotatable bonds is 9. The third-order valence-corrected chi connectivity index (χ3v) is 8.49. The molecule has 222 valence electrons. The van der Waals surface area contributed by atoms with Crippen LogP contribution in [-0.2, 0) is 36.1 Å². The highest BCUT2D eigenvalue weighted by Gasteiger charge is 2.52. The Kier molecular flexibility index (Phi) is 8.41. The minimum atomic E-state index is -1.92. The van der Waals surface area contributed by atoms with Crippen molar-refractivity contribution in [3.63, 3.8) is 0 Å². The van der Waals surface area contributed by atoms with Crippen LogP contribution in [0.1, 0.15) is 50.7 Å². The number of ether oxygens (including phenoxy) is 1. The largest absolute Gasteiger partial charge is 0.441 e. The molecule has 0 saturated carbocycles.